The smallest absolute Gasteiger partial charge is 0.339 e. The molecule has 1 aliphatic heterocycles. The summed E-state index contributed by atoms with van der Waals surface area (Å²) >= 11 is 0. The number of rotatable bonds is 5. The van der Waals surface area contributed by atoms with Crippen LogP contribution < -0.4 is 5.32 Å². The summed E-state index contributed by atoms with van der Waals surface area (Å²) in [5.74, 6) is -2.38. The molecule has 1 aromatic carbocycles. The van der Waals surface area contributed by atoms with Gasteiger partial charge in [-0.3, -0.25) is 19.7 Å². The maximum Gasteiger partial charge on any atom is 0.339 e. The van der Waals surface area contributed by atoms with Crippen molar-refractivity contribution < 1.29 is 28.8 Å². The Bertz CT molecular complexity index is 770. The molecule has 0 bridgehead atoms. The molecule has 2 rings (SSSR count). The molecule has 0 spiro atoms. The molecular formula is C16H16N2O7. The normalized spacial score (nSPS) is 16.9. The van der Waals surface area contributed by atoms with Crippen molar-refractivity contribution in [1.82, 2.24) is 5.32 Å². The van der Waals surface area contributed by atoms with E-state index in [1.54, 1.807) is 6.07 Å². The molecule has 0 aliphatic carbocycles. The highest BCUT2D eigenvalue weighted by Crippen LogP contribution is 2.34. The SMILES string of the molecule is CC(=O)OCOC(=O)C1=C(C)NC(=O)C[C@H]1c1cccc([N+](=O)[O-])c1. The minimum atomic E-state index is -0.768. The van der Waals surface area contributed by atoms with Gasteiger partial charge in [-0.25, -0.2) is 4.79 Å². The summed E-state index contributed by atoms with van der Waals surface area (Å²) in [6.45, 7) is 2.15. The van der Waals surface area contributed by atoms with Crippen LogP contribution in [0.5, 0.6) is 0 Å². The molecule has 0 aromatic heterocycles. The van der Waals surface area contributed by atoms with Crippen molar-refractivity contribution in [3.8, 4) is 0 Å². The lowest BCUT2D eigenvalue weighted by Crippen LogP contribution is -2.34. The Morgan fingerprint density at radius 3 is 2.72 bits per heavy atom. The summed E-state index contributed by atoms with van der Waals surface area (Å²) < 4.78 is 9.47. The molecule has 1 aromatic rings. The molecule has 132 valence electrons. The first-order chi connectivity index (χ1) is 11.8. The van der Waals surface area contributed by atoms with E-state index in [0.29, 0.717) is 11.3 Å². The third-order valence-electron chi connectivity index (χ3n) is 3.62. The zero-order valence-electron chi connectivity index (χ0n) is 13.6. The highest BCUT2D eigenvalue weighted by atomic mass is 16.7. The van der Waals surface area contributed by atoms with E-state index in [1.165, 1.54) is 32.0 Å². The number of hydrogen-bond donors (Lipinski definition) is 1. The second-order valence-corrected chi connectivity index (χ2v) is 5.38. The van der Waals surface area contributed by atoms with Gasteiger partial charge < -0.3 is 14.8 Å². The number of amides is 1. The number of hydrogen-bond acceptors (Lipinski definition) is 7. The van der Waals surface area contributed by atoms with Crippen molar-refractivity contribution in [3.05, 3.63) is 51.2 Å². The molecule has 1 atom stereocenters. The van der Waals surface area contributed by atoms with Gasteiger partial charge in [-0.05, 0) is 12.5 Å². The summed E-state index contributed by atoms with van der Waals surface area (Å²) in [6.07, 6.45) is -0.0590. The van der Waals surface area contributed by atoms with Crippen LogP contribution in [0.3, 0.4) is 0 Å². The van der Waals surface area contributed by atoms with Crippen LogP contribution in [0, 0.1) is 10.1 Å². The Balaban J connectivity index is 2.33. The number of benzene rings is 1. The molecule has 0 saturated heterocycles. The maximum absolute atomic E-state index is 12.3. The van der Waals surface area contributed by atoms with Crippen LogP contribution in [0.25, 0.3) is 0 Å². The number of allylic oxidation sites excluding steroid dienone is 1. The molecule has 1 N–H and O–H groups in total. The zero-order valence-corrected chi connectivity index (χ0v) is 13.6. The van der Waals surface area contributed by atoms with Crippen LogP contribution in [0.2, 0.25) is 0 Å². The molecule has 0 radical (unpaired) electrons. The molecule has 0 unspecified atom stereocenters. The average molecular weight is 348 g/mol. The zero-order chi connectivity index (χ0) is 18.6. The predicted molar refractivity (Wildman–Crippen MR) is 84.0 cm³/mol. The van der Waals surface area contributed by atoms with E-state index < -0.39 is 29.6 Å². The van der Waals surface area contributed by atoms with Gasteiger partial charge in [0.2, 0.25) is 12.7 Å². The van der Waals surface area contributed by atoms with E-state index in [9.17, 15) is 24.5 Å². The molecule has 25 heavy (non-hydrogen) atoms. The van der Waals surface area contributed by atoms with Crippen LogP contribution in [-0.4, -0.2) is 29.6 Å². The lowest BCUT2D eigenvalue weighted by molar-refractivity contribution is -0.384. The topological polar surface area (TPSA) is 125 Å². The highest BCUT2D eigenvalue weighted by Gasteiger charge is 2.33. The Labute approximate surface area is 142 Å². The van der Waals surface area contributed by atoms with E-state index in [-0.39, 0.29) is 23.6 Å². The minimum absolute atomic E-state index is 0.0590. The highest BCUT2D eigenvalue weighted by molar-refractivity contribution is 5.95. The molecular weight excluding hydrogens is 332 g/mol. The minimum Gasteiger partial charge on any atom is -0.428 e. The summed E-state index contributed by atoms with van der Waals surface area (Å²) in [5.41, 5.74) is 0.754. The van der Waals surface area contributed by atoms with E-state index in [1.807, 2.05) is 0 Å². The van der Waals surface area contributed by atoms with Crippen molar-refractivity contribution in [2.75, 3.05) is 6.79 Å². The first-order valence-electron chi connectivity index (χ1n) is 7.35. The molecule has 1 heterocycles. The first kappa shape index (κ1) is 18.1. The van der Waals surface area contributed by atoms with Crippen molar-refractivity contribution in [2.24, 2.45) is 0 Å². The molecule has 1 aliphatic rings. The third-order valence-corrected chi connectivity index (χ3v) is 3.62. The summed E-state index contributed by atoms with van der Waals surface area (Å²) in [7, 11) is 0. The van der Waals surface area contributed by atoms with Gasteiger partial charge in [-0.2, -0.15) is 0 Å². The molecule has 1 amide bonds. The van der Waals surface area contributed by atoms with Crippen LogP contribution in [-0.2, 0) is 23.9 Å². The van der Waals surface area contributed by atoms with Crippen molar-refractivity contribution in [2.45, 2.75) is 26.2 Å². The maximum atomic E-state index is 12.3. The third kappa shape index (κ3) is 4.40. The summed E-state index contributed by atoms with van der Waals surface area (Å²) in [6, 6.07) is 5.72. The Morgan fingerprint density at radius 2 is 2.08 bits per heavy atom. The fourth-order valence-corrected chi connectivity index (χ4v) is 2.55. The lowest BCUT2D eigenvalue weighted by Gasteiger charge is -2.26. The number of carbonyl (C=O) groups is 3. The molecule has 0 fully saturated rings. The number of ether oxygens (including phenoxy) is 2. The number of nitro benzene ring substituents is 1. The standard InChI is InChI=1S/C16H16N2O7/c1-9-15(16(21)25-8-24-10(2)19)13(7-14(20)17-9)11-4-3-5-12(6-11)18(22)23/h3-6,13H,7-8H2,1-2H3,(H,17,20)/t13-/m0/s1. The predicted octanol–water partition coefficient (Wildman–Crippen LogP) is 1.54. The van der Waals surface area contributed by atoms with Gasteiger partial charge in [0.1, 0.15) is 0 Å². The van der Waals surface area contributed by atoms with Crippen molar-refractivity contribution in [1.29, 1.82) is 0 Å². The van der Waals surface area contributed by atoms with E-state index in [4.69, 9.17) is 4.74 Å². The van der Waals surface area contributed by atoms with Crippen molar-refractivity contribution >= 4 is 23.5 Å². The summed E-state index contributed by atoms with van der Waals surface area (Å²) in [5, 5.41) is 13.5. The van der Waals surface area contributed by atoms with Crippen LogP contribution >= 0.6 is 0 Å². The number of nitrogens with one attached hydrogen (secondary N) is 1. The van der Waals surface area contributed by atoms with Gasteiger partial charge in [0.25, 0.3) is 5.69 Å². The van der Waals surface area contributed by atoms with Gasteiger partial charge in [-0.1, -0.05) is 12.1 Å². The monoisotopic (exact) mass is 348 g/mol. The largest absolute Gasteiger partial charge is 0.428 e. The fourth-order valence-electron chi connectivity index (χ4n) is 2.55. The number of nitro groups is 1. The number of esters is 2. The fraction of sp³-hybridized carbons (Fsp3) is 0.312. The molecule has 0 saturated carbocycles. The number of nitrogens with zero attached hydrogens (tertiary/aromatic N) is 1. The Hall–Kier alpha value is -3.23. The van der Waals surface area contributed by atoms with Crippen LogP contribution in [0.4, 0.5) is 5.69 Å². The van der Waals surface area contributed by atoms with Gasteiger partial charge in [0.15, 0.2) is 0 Å². The van der Waals surface area contributed by atoms with Crippen LogP contribution in [0.1, 0.15) is 31.7 Å². The number of non-ortho nitro benzene ring substituents is 1. The van der Waals surface area contributed by atoms with E-state index >= 15 is 0 Å². The molecule has 9 nitrogen and oxygen atoms in total. The lowest BCUT2D eigenvalue weighted by atomic mass is 9.84. The first-order valence-corrected chi connectivity index (χ1v) is 7.35. The van der Waals surface area contributed by atoms with Gasteiger partial charge in [-0.15, -0.1) is 0 Å². The average Bonchev–Trinajstić information content (AvgIpc) is 2.53. The Kier molecular flexibility index (Phi) is 5.48. The van der Waals surface area contributed by atoms with Gasteiger partial charge in [0, 0.05) is 37.1 Å². The second kappa shape index (κ2) is 7.56. The van der Waals surface area contributed by atoms with Gasteiger partial charge in [0.05, 0.1) is 10.5 Å². The van der Waals surface area contributed by atoms with Crippen LogP contribution in [0.15, 0.2) is 35.5 Å². The second-order valence-electron chi connectivity index (χ2n) is 5.38. The summed E-state index contributed by atoms with van der Waals surface area (Å²) in [4.78, 5) is 45.3. The van der Waals surface area contributed by atoms with E-state index in [2.05, 4.69) is 10.1 Å². The number of carbonyl (C=O) groups excluding carboxylic acids is 3. The molecule has 9 heteroatoms. The van der Waals surface area contributed by atoms with Crippen molar-refractivity contribution in [3.63, 3.8) is 0 Å². The van der Waals surface area contributed by atoms with Gasteiger partial charge >= 0.3 is 11.9 Å². The quantitative estimate of drug-likeness (QED) is 0.370. The van der Waals surface area contributed by atoms with E-state index in [0.717, 1.165) is 0 Å². The Morgan fingerprint density at radius 1 is 1.36 bits per heavy atom.